The molecule has 1 aliphatic heterocycles. The van der Waals surface area contributed by atoms with Crippen molar-refractivity contribution in [3.63, 3.8) is 0 Å². The molecule has 4 rings (SSSR count). The van der Waals surface area contributed by atoms with Crippen LogP contribution in [0, 0.1) is 5.41 Å². The Hall–Kier alpha value is -1.02. The van der Waals surface area contributed by atoms with Crippen molar-refractivity contribution in [1.29, 1.82) is 0 Å². The SMILES string of the molecule is Cn1ccnc1CN(Cc1nnsc1Cl)[C@@H]1CC12CCNCC2. The summed E-state index contributed by atoms with van der Waals surface area (Å²) >= 11 is 7.50. The number of nitrogens with zero attached hydrogens (tertiary/aromatic N) is 5. The molecule has 0 aromatic carbocycles. The minimum Gasteiger partial charge on any atom is -0.337 e. The number of aromatic nitrogens is 4. The van der Waals surface area contributed by atoms with Crippen molar-refractivity contribution in [3.8, 4) is 0 Å². The molecule has 8 heteroatoms. The van der Waals surface area contributed by atoms with Crippen molar-refractivity contribution < 1.29 is 0 Å². The monoisotopic (exact) mass is 352 g/mol. The van der Waals surface area contributed by atoms with Crippen LogP contribution in [0.4, 0.5) is 0 Å². The first-order valence-corrected chi connectivity index (χ1v) is 9.21. The summed E-state index contributed by atoms with van der Waals surface area (Å²) in [6, 6.07) is 0.596. The summed E-state index contributed by atoms with van der Waals surface area (Å²) in [6.45, 7) is 3.84. The van der Waals surface area contributed by atoms with Gasteiger partial charge in [0.2, 0.25) is 0 Å². The number of hydrogen-bond donors (Lipinski definition) is 1. The van der Waals surface area contributed by atoms with Crippen LogP contribution in [-0.2, 0) is 20.1 Å². The second kappa shape index (κ2) is 6.12. The molecule has 0 amide bonds. The molecule has 1 spiro atoms. The number of nitrogens with one attached hydrogen (secondary N) is 1. The van der Waals surface area contributed by atoms with Gasteiger partial charge in [-0.3, -0.25) is 4.90 Å². The van der Waals surface area contributed by atoms with Gasteiger partial charge >= 0.3 is 0 Å². The molecule has 3 heterocycles. The van der Waals surface area contributed by atoms with E-state index in [1.165, 1.54) is 30.8 Å². The van der Waals surface area contributed by atoms with Gasteiger partial charge in [0.25, 0.3) is 0 Å². The lowest BCUT2D eigenvalue weighted by molar-refractivity contribution is 0.181. The Morgan fingerprint density at radius 3 is 2.91 bits per heavy atom. The van der Waals surface area contributed by atoms with Crippen LogP contribution in [0.1, 0.15) is 30.8 Å². The normalized spacial score (nSPS) is 22.8. The van der Waals surface area contributed by atoms with Gasteiger partial charge in [-0.05, 0) is 37.8 Å². The van der Waals surface area contributed by atoms with Gasteiger partial charge in [0.15, 0.2) is 0 Å². The van der Waals surface area contributed by atoms with Gasteiger partial charge in [0.05, 0.1) is 6.54 Å². The van der Waals surface area contributed by atoms with Gasteiger partial charge in [0.1, 0.15) is 15.9 Å². The molecule has 2 aromatic heterocycles. The van der Waals surface area contributed by atoms with E-state index in [1.807, 2.05) is 19.4 Å². The molecule has 1 saturated heterocycles. The fourth-order valence-corrected chi connectivity index (χ4v) is 4.41. The van der Waals surface area contributed by atoms with E-state index in [1.54, 1.807) is 0 Å². The van der Waals surface area contributed by atoms with E-state index < -0.39 is 0 Å². The Morgan fingerprint density at radius 2 is 2.26 bits per heavy atom. The third-order valence-electron chi connectivity index (χ3n) is 5.31. The fourth-order valence-electron chi connectivity index (χ4n) is 3.80. The number of aryl methyl sites for hydroxylation is 1. The highest BCUT2D eigenvalue weighted by atomic mass is 35.5. The van der Waals surface area contributed by atoms with Crippen molar-refractivity contribution in [3.05, 3.63) is 28.2 Å². The molecular weight excluding hydrogens is 332 g/mol. The number of rotatable bonds is 5. The Kier molecular flexibility index (Phi) is 4.13. The predicted octanol–water partition coefficient (Wildman–Crippen LogP) is 2.07. The highest BCUT2D eigenvalue weighted by Crippen LogP contribution is 2.56. The zero-order valence-corrected chi connectivity index (χ0v) is 14.8. The number of piperidine rings is 1. The van der Waals surface area contributed by atoms with Crippen molar-refractivity contribution in [1.82, 2.24) is 29.4 Å². The van der Waals surface area contributed by atoms with E-state index in [0.29, 0.717) is 15.8 Å². The first-order valence-electron chi connectivity index (χ1n) is 8.06. The van der Waals surface area contributed by atoms with Crippen LogP contribution in [0.25, 0.3) is 0 Å². The number of hydrogen-bond acceptors (Lipinski definition) is 6. The highest BCUT2D eigenvalue weighted by molar-refractivity contribution is 7.10. The third kappa shape index (κ3) is 3.03. The molecule has 1 aliphatic carbocycles. The molecular formula is C15H21ClN6S. The van der Waals surface area contributed by atoms with Crippen molar-refractivity contribution in [2.45, 2.75) is 38.4 Å². The van der Waals surface area contributed by atoms with Crippen LogP contribution < -0.4 is 5.32 Å². The van der Waals surface area contributed by atoms with Gasteiger partial charge < -0.3 is 9.88 Å². The summed E-state index contributed by atoms with van der Waals surface area (Å²) in [6.07, 6.45) is 7.65. The van der Waals surface area contributed by atoms with Gasteiger partial charge in [-0.1, -0.05) is 16.1 Å². The molecule has 124 valence electrons. The summed E-state index contributed by atoms with van der Waals surface area (Å²) in [5.74, 6) is 1.08. The summed E-state index contributed by atoms with van der Waals surface area (Å²) in [4.78, 5) is 6.99. The molecule has 23 heavy (non-hydrogen) atoms. The van der Waals surface area contributed by atoms with Gasteiger partial charge in [-0.25, -0.2) is 4.98 Å². The van der Waals surface area contributed by atoms with Crippen LogP contribution in [0.5, 0.6) is 0 Å². The Labute approximate surface area is 145 Å². The quantitative estimate of drug-likeness (QED) is 0.892. The molecule has 0 unspecified atom stereocenters. The van der Waals surface area contributed by atoms with E-state index in [9.17, 15) is 0 Å². The average Bonchev–Trinajstić information content (AvgIpc) is 2.86. The number of imidazole rings is 1. The fraction of sp³-hybridized carbons (Fsp3) is 0.667. The molecule has 1 N–H and O–H groups in total. The maximum absolute atomic E-state index is 6.24. The summed E-state index contributed by atoms with van der Waals surface area (Å²) in [5.41, 5.74) is 1.37. The molecule has 6 nitrogen and oxygen atoms in total. The first kappa shape index (κ1) is 15.5. The van der Waals surface area contributed by atoms with Crippen LogP contribution in [-0.4, -0.2) is 43.2 Å². The smallest absolute Gasteiger partial charge is 0.138 e. The lowest BCUT2D eigenvalue weighted by Crippen LogP contribution is -2.36. The Morgan fingerprint density at radius 1 is 1.43 bits per heavy atom. The van der Waals surface area contributed by atoms with Crippen molar-refractivity contribution >= 4 is 23.1 Å². The second-order valence-electron chi connectivity index (χ2n) is 6.68. The number of halogens is 1. The van der Waals surface area contributed by atoms with E-state index in [4.69, 9.17) is 11.6 Å². The molecule has 2 aromatic rings. The van der Waals surface area contributed by atoms with Gasteiger partial charge in [-0.15, -0.1) is 5.10 Å². The van der Waals surface area contributed by atoms with E-state index >= 15 is 0 Å². The molecule has 0 radical (unpaired) electrons. The topological polar surface area (TPSA) is 58.9 Å². The Balaban J connectivity index is 1.54. The van der Waals surface area contributed by atoms with E-state index in [-0.39, 0.29) is 0 Å². The molecule has 2 fully saturated rings. The predicted molar refractivity (Wildman–Crippen MR) is 90.3 cm³/mol. The largest absolute Gasteiger partial charge is 0.337 e. The van der Waals surface area contributed by atoms with Gasteiger partial charge in [0, 0.05) is 43.6 Å². The van der Waals surface area contributed by atoms with Crippen LogP contribution >= 0.6 is 23.1 Å². The standard InChI is InChI=1S/C15H21ClN6S/c1-21-7-6-18-13(21)10-22(9-11-14(16)23-20-19-11)12-8-15(12)2-4-17-5-3-15/h6-7,12,17H,2-5,8-10H2,1H3/t12-/m1/s1. The summed E-state index contributed by atoms with van der Waals surface area (Å²) < 4.78 is 6.77. The summed E-state index contributed by atoms with van der Waals surface area (Å²) in [5, 5.41) is 7.68. The molecule has 0 bridgehead atoms. The average molecular weight is 353 g/mol. The van der Waals surface area contributed by atoms with Crippen LogP contribution in [0.3, 0.4) is 0 Å². The zero-order valence-electron chi connectivity index (χ0n) is 13.2. The lowest BCUT2D eigenvalue weighted by atomic mass is 9.93. The maximum atomic E-state index is 6.24. The van der Waals surface area contributed by atoms with E-state index in [0.717, 1.165) is 37.7 Å². The lowest BCUT2D eigenvalue weighted by Gasteiger charge is -2.29. The minimum atomic E-state index is 0.479. The zero-order chi connectivity index (χ0) is 15.9. The summed E-state index contributed by atoms with van der Waals surface area (Å²) in [7, 11) is 2.05. The van der Waals surface area contributed by atoms with Crippen LogP contribution in [0.2, 0.25) is 4.34 Å². The van der Waals surface area contributed by atoms with Crippen LogP contribution in [0.15, 0.2) is 12.4 Å². The van der Waals surface area contributed by atoms with E-state index in [2.05, 4.69) is 29.4 Å². The molecule has 1 saturated carbocycles. The second-order valence-corrected chi connectivity index (χ2v) is 8.04. The minimum absolute atomic E-state index is 0.479. The van der Waals surface area contributed by atoms with Crippen molar-refractivity contribution in [2.24, 2.45) is 12.5 Å². The third-order valence-corrected chi connectivity index (χ3v) is 6.30. The van der Waals surface area contributed by atoms with Crippen molar-refractivity contribution in [2.75, 3.05) is 13.1 Å². The van der Waals surface area contributed by atoms with Gasteiger partial charge in [-0.2, -0.15) is 0 Å². The molecule has 2 aliphatic rings. The molecule has 1 atom stereocenters. The maximum Gasteiger partial charge on any atom is 0.138 e. The highest BCUT2D eigenvalue weighted by Gasteiger charge is 2.56. The first-order chi connectivity index (χ1) is 11.2. The Bertz CT molecular complexity index is 635.